The predicted molar refractivity (Wildman–Crippen MR) is 126 cm³/mol. The standard InChI is InChI=1S/C21H38N4O8.ClH/c1-9(2)7-12(22)17(28)20(31)25-16(11(5)6)19(30)24-15(10(3)4)18(29)23-13(21(32)33)8-14(26)27;/h9-13,15-17,28H,7-8,22H2,1-6H3,(H,23,29)(H,24,30)(H,25,31)(H,26,27)(H,32,33);1H/t12-,13-,15+,16-,17-;/m1./s1. The van der Waals surface area contributed by atoms with E-state index in [9.17, 15) is 29.1 Å². The Labute approximate surface area is 205 Å². The maximum Gasteiger partial charge on any atom is 0.326 e. The number of carboxylic acids is 2. The van der Waals surface area contributed by atoms with E-state index in [2.05, 4.69) is 16.0 Å². The van der Waals surface area contributed by atoms with Gasteiger partial charge in [-0.15, -0.1) is 12.4 Å². The summed E-state index contributed by atoms with van der Waals surface area (Å²) >= 11 is 0. The molecule has 0 rings (SSSR count). The summed E-state index contributed by atoms with van der Waals surface area (Å²) in [6, 6.07) is -4.80. The molecule has 0 unspecified atom stereocenters. The fourth-order valence-electron chi connectivity index (χ4n) is 3.06. The Bertz CT molecular complexity index is 717. The molecular formula is C21H39ClN4O8. The van der Waals surface area contributed by atoms with Gasteiger partial charge in [0.2, 0.25) is 11.8 Å². The van der Waals surface area contributed by atoms with E-state index in [1.165, 1.54) is 0 Å². The van der Waals surface area contributed by atoms with Gasteiger partial charge in [0.15, 0.2) is 0 Å². The van der Waals surface area contributed by atoms with Crippen LogP contribution in [0.15, 0.2) is 0 Å². The second kappa shape index (κ2) is 15.5. The fourth-order valence-corrected chi connectivity index (χ4v) is 3.06. The molecule has 13 heteroatoms. The second-order valence-electron chi connectivity index (χ2n) is 9.20. The smallest absolute Gasteiger partial charge is 0.326 e. The highest BCUT2D eigenvalue weighted by Gasteiger charge is 2.34. The molecule has 0 aromatic heterocycles. The Morgan fingerprint density at radius 3 is 1.53 bits per heavy atom. The van der Waals surface area contributed by atoms with Gasteiger partial charge in [0.25, 0.3) is 5.91 Å². The number of rotatable bonds is 14. The van der Waals surface area contributed by atoms with Gasteiger partial charge in [-0.05, 0) is 24.2 Å². The lowest BCUT2D eigenvalue weighted by Gasteiger charge is -2.29. The number of hydrogen-bond donors (Lipinski definition) is 7. The highest BCUT2D eigenvalue weighted by Crippen LogP contribution is 2.10. The van der Waals surface area contributed by atoms with Gasteiger partial charge in [-0.25, -0.2) is 4.79 Å². The van der Waals surface area contributed by atoms with Crippen LogP contribution in [-0.4, -0.2) is 75.3 Å². The number of carbonyl (C=O) groups excluding carboxylic acids is 3. The number of halogens is 1. The van der Waals surface area contributed by atoms with Gasteiger partial charge in [0.05, 0.1) is 6.42 Å². The van der Waals surface area contributed by atoms with Crippen LogP contribution in [0.4, 0.5) is 0 Å². The van der Waals surface area contributed by atoms with E-state index in [1.54, 1.807) is 27.7 Å². The van der Waals surface area contributed by atoms with Crippen molar-refractivity contribution < 1.29 is 39.3 Å². The summed E-state index contributed by atoms with van der Waals surface area (Å²) in [6.45, 7) is 10.3. The highest BCUT2D eigenvalue weighted by molar-refractivity contribution is 5.94. The summed E-state index contributed by atoms with van der Waals surface area (Å²) < 4.78 is 0. The maximum atomic E-state index is 12.9. The number of carboxylic acid groups (broad SMARTS) is 2. The summed E-state index contributed by atoms with van der Waals surface area (Å²) in [5.74, 6) is -6.12. The first-order valence-corrected chi connectivity index (χ1v) is 10.9. The van der Waals surface area contributed by atoms with Crippen LogP contribution < -0.4 is 21.7 Å². The van der Waals surface area contributed by atoms with Crippen molar-refractivity contribution in [2.24, 2.45) is 23.5 Å². The third-order valence-corrected chi connectivity index (χ3v) is 4.90. The lowest BCUT2D eigenvalue weighted by Crippen LogP contribution is -2.60. The van der Waals surface area contributed by atoms with Crippen molar-refractivity contribution in [1.29, 1.82) is 0 Å². The average molecular weight is 511 g/mol. The molecule has 0 bridgehead atoms. The molecule has 3 amide bonds. The molecule has 0 aliphatic heterocycles. The number of hydrogen-bond acceptors (Lipinski definition) is 7. The SMILES string of the molecule is CC(C)C[C@@H](N)[C@@H](O)C(=O)N[C@@H](C(=O)N[C@H](C(=O)N[C@H](CC(=O)O)C(=O)O)C(C)C)C(C)C.Cl. The molecule has 0 aromatic carbocycles. The van der Waals surface area contributed by atoms with E-state index in [4.69, 9.17) is 15.9 Å². The minimum absolute atomic E-state index is 0. The van der Waals surface area contributed by atoms with Crippen LogP contribution in [-0.2, 0) is 24.0 Å². The Kier molecular flexibility index (Phi) is 15.3. The number of aliphatic hydroxyl groups is 1. The Balaban J connectivity index is 0. The van der Waals surface area contributed by atoms with Crippen molar-refractivity contribution in [3.63, 3.8) is 0 Å². The largest absolute Gasteiger partial charge is 0.481 e. The number of aliphatic hydroxyl groups excluding tert-OH is 1. The van der Waals surface area contributed by atoms with Crippen molar-refractivity contribution in [2.45, 2.75) is 84.7 Å². The summed E-state index contributed by atoms with van der Waals surface area (Å²) in [6.07, 6.45) is -1.97. The third kappa shape index (κ3) is 11.6. The molecular weight excluding hydrogens is 472 g/mol. The van der Waals surface area contributed by atoms with Crippen LogP contribution in [0.3, 0.4) is 0 Å². The van der Waals surface area contributed by atoms with E-state index in [0.29, 0.717) is 6.42 Å². The summed E-state index contributed by atoms with van der Waals surface area (Å²) in [7, 11) is 0. The van der Waals surface area contributed by atoms with Crippen molar-refractivity contribution >= 4 is 42.1 Å². The van der Waals surface area contributed by atoms with E-state index in [0.717, 1.165) is 0 Å². The Hall–Kier alpha value is -2.44. The van der Waals surface area contributed by atoms with Gasteiger partial charge in [-0.2, -0.15) is 0 Å². The van der Waals surface area contributed by atoms with E-state index in [-0.39, 0.29) is 18.3 Å². The van der Waals surface area contributed by atoms with Crippen LogP contribution in [0.2, 0.25) is 0 Å². The third-order valence-electron chi connectivity index (χ3n) is 4.90. The molecule has 0 aliphatic rings. The molecule has 0 aromatic rings. The van der Waals surface area contributed by atoms with E-state index >= 15 is 0 Å². The topological polar surface area (TPSA) is 208 Å². The highest BCUT2D eigenvalue weighted by atomic mass is 35.5. The first-order chi connectivity index (χ1) is 15.1. The number of nitrogens with two attached hydrogens (primary N) is 1. The normalized spacial score (nSPS) is 15.5. The predicted octanol–water partition coefficient (Wildman–Crippen LogP) is -0.532. The quantitative estimate of drug-likeness (QED) is 0.160. The maximum absolute atomic E-state index is 12.9. The van der Waals surface area contributed by atoms with Gasteiger partial charge in [-0.1, -0.05) is 41.5 Å². The van der Waals surface area contributed by atoms with E-state index in [1.807, 2.05) is 13.8 Å². The molecule has 0 aliphatic carbocycles. The first kappa shape index (κ1) is 33.7. The fraction of sp³-hybridized carbons (Fsp3) is 0.762. The van der Waals surface area contributed by atoms with Gasteiger partial charge < -0.3 is 37.0 Å². The van der Waals surface area contributed by atoms with Gasteiger partial charge >= 0.3 is 11.9 Å². The number of nitrogens with one attached hydrogen (secondary N) is 3. The lowest BCUT2D eigenvalue weighted by molar-refractivity contribution is -0.147. The number of amides is 3. The van der Waals surface area contributed by atoms with E-state index < -0.39 is 78.2 Å². The summed E-state index contributed by atoms with van der Waals surface area (Å²) in [5, 5.41) is 35.2. The second-order valence-corrected chi connectivity index (χ2v) is 9.20. The summed E-state index contributed by atoms with van der Waals surface area (Å²) in [5.41, 5.74) is 5.86. The van der Waals surface area contributed by atoms with Crippen molar-refractivity contribution in [3.05, 3.63) is 0 Å². The molecule has 34 heavy (non-hydrogen) atoms. The van der Waals surface area contributed by atoms with Crippen LogP contribution in [0.25, 0.3) is 0 Å². The van der Waals surface area contributed by atoms with Gasteiger partial charge in [-0.3, -0.25) is 19.2 Å². The Morgan fingerprint density at radius 1 is 0.765 bits per heavy atom. The lowest BCUT2D eigenvalue weighted by atomic mass is 9.97. The average Bonchev–Trinajstić information content (AvgIpc) is 2.66. The summed E-state index contributed by atoms with van der Waals surface area (Å²) in [4.78, 5) is 60.0. The molecule has 0 spiro atoms. The first-order valence-electron chi connectivity index (χ1n) is 10.9. The molecule has 12 nitrogen and oxygen atoms in total. The molecule has 0 saturated carbocycles. The van der Waals surface area contributed by atoms with Gasteiger partial charge in [0, 0.05) is 6.04 Å². The van der Waals surface area contributed by atoms with Crippen LogP contribution in [0.5, 0.6) is 0 Å². The monoisotopic (exact) mass is 510 g/mol. The molecule has 0 heterocycles. The zero-order valence-corrected chi connectivity index (χ0v) is 21.2. The van der Waals surface area contributed by atoms with Crippen molar-refractivity contribution in [3.8, 4) is 0 Å². The zero-order valence-electron chi connectivity index (χ0n) is 20.4. The van der Waals surface area contributed by atoms with Gasteiger partial charge in [0.1, 0.15) is 24.2 Å². The molecule has 0 saturated heterocycles. The van der Waals surface area contributed by atoms with Crippen LogP contribution in [0.1, 0.15) is 54.4 Å². The molecule has 0 fully saturated rings. The molecule has 5 atom stereocenters. The Morgan fingerprint density at radius 2 is 1.18 bits per heavy atom. The minimum atomic E-state index is -1.67. The van der Waals surface area contributed by atoms with Crippen LogP contribution in [0, 0.1) is 17.8 Å². The minimum Gasteiger partial charge on any atom is -0.481 e. The molecule has 0 radical (unpaired) electrons. The van der Waals surface area contributed by atoms with Crippen molar-refractivity contribution in [1.82, 2.24) is 16.0 Å². The molecule has 8 N–H and O–H groups in total. The molecule has 198 valence electrons. The van der Waals surface area contributed by atoms with Crippen LogP contribution >= 0.6 is 12.4 Å². The number of aliphatic carboxylic acids is 2. The van der Waals surface area contributed by atoms with Crippen molar-refractivity contribution in [2.75, 3.05) is 0 Å². The zero-order chi connectivity index (χ0) is 26.0. The number of carbonyl (C=O) groups is 5.